The van der Waals surface area contributed by atoms with Crippen molar-refractivity contribution in [2.45, 2.75) is 46.4 Å². The summed E-state index contributed by atoms with van der Waals surface area (Å²) < 4.78 is 6.82. The van der Waals surface area contributed by atoms with Crippen LogP contribution in [0.3, 0.4) is 0 Å². The summed E-state index contributed by atoms with van der Waals surface area (Å²) in [7, 11) is 0. The summed E-state index contributed by atoms with van der Waals surface area (Å²) in [5.74, 6) is 0. The highest BCUT2D eigenvalue weighted by molar-refractivity contribution is 6.31. The number of alkyl carbamates (subject to hydrolysis) is 1. The quantitative estimate of drug-likeness (QED) is 0.908. The molecule has 0 spiro atoms. The number of halogens is 1. The fourth-order valence-electron chi connectivity index (χ4n) is 1.19. The largest absolute Gasteiger partial charge is 0.444 e. The molecular formula is C11H18ClN3O2. The van der Waals surface area contributed by atoms with Crippen molar-refractivity contribution in [1.82, 2.24) is 15.1 Å². The van der Waals surface area contributed by atoms with Gasteiger partial charge in [0, 0.05) is 12.7 Å². The zero-order valence-electron chi connectivity index (χ0n) is 10.6. The number of nitrogens with zero attached hydrogens (tertiary/aromatic N) is 2. The van der Waals surface area contributed by atoms with Crippen molar-refractivity contribution in [2.24, 2.45) is 0 Å². The molecule has 1 heterocycles. The van der Waals surface area contributed by atoms with Gasteiger partial charge in [-0.1, -0.05) is 11.6 Å². The molecule has 0 aromatic carbocycles. The molecule has 0 bridgehead atoms. The molecule has 0 radical (unpaired) electrons. The predicted octanol–water partition coefficient (Wildman–Crippen LogP) is 2.58. The lowest BCUT2D eigenvalue weighted by molar-refractivity contribution is 0.0523. The molecule has 1 rings (SSSR count). The summed E-state index contributed by atoms with van der Waals surface area (Å²) in [4.78, 5) is 11.4. The van der Waals surface area contributed by atoms with Crippen LogP contribution in [-0.2, 0) is 17.8 Å². The van der Waals surface area contributed by atoms with E-state index in [1.807, 2.05) is 27.7 Å². The molecule has 6 heteroatoms. The Hall–Kier alpha value is -1.23. The summed E-state index contributed by atoms with van der Waals surface area (Å²) in [5.41, 5.74) is 0.135. The van der Waals surface area contributed by atoms with Gasteiger partial charge in [0.2, 0.25) is 0 Å². The van der Waals surface area contributed by atoms with Gasteiger partial charge in [0.15, 0.2) is 0 Å². The van der Waals surface area contributed by atoms with E-state index in [2.05, 4.69) is 10.4 Å². The summed E-state index contributed by atoms with van der Waals surface area (Å²) in [5, 5.41) is 7.37. The molecule has 0 aliphatic rings. The van der Waals surface area contributed by atoms with Crippen LogP contribution in [0.4, 0.5) is 4.79 Å². The number of hydrogen-bond acceptors (Lipinski definition) is 3. The van der Waals surface area contributed by atoms with Crippen LogP contribution in [0, 0.1) is 0 Å². The number of hydrogen-bond donors (Lipinski definition) is 1. The number of nitrogens with one attached hydrogen (secondary N) is 1. The molecule has 1 N–H and O–H groups in total. The number of aryl methyl sites for hydroxylation is 1. The average Bonchev–Trinajstić information content (AvgIpc) is 2.54. The third-order valence-electron chi connectivity index (χ3n) is 1.91. The van der Waals surface area contributed by atoms with Gasteiger partial charge in [-0.3, -0.25) is 4.68 Å². The molecule has 1 aromatic heterocycles. The lowest BCUT2D eigenvalue weighted by Crippen LogP contribution is -2.32. The minimum Gasteiger partial charge on any atom is -0.444 e. The Morgan fingerprint density at radius 3 is 2.71 bits per heavy atom. The van der Waals surface area contributed by atoms with Crippen LogP contribution < -0.4 is 5.32 Å². The van der Waals surface area contributed by atoms with E-state index in [0.29, 0.717) is 10.7 Å². The summed E-state index contributed by atoms with van der Waals surface area (Å²) in [6, 6.07) is 0. The van der Waals surface area contributed by atoms with Gasteiger partial charge in [0.05, 0.1) is 11.6 Å². The minimum atomic E-state index is -0.503. The molecule has 0 unspecified atom stereocenters. The van der Waals surface area contributed by atoms with Crippen molar-refractivity contribution >= 4 is 17.7 Å². The second-order valence-corrected chi connectivity index (χ2v) is 5.04. The number of rotatable bonds is 3. The average molecular weight is 260 g/mol. The first-order valence-electron chi connectivity index (χ1n) is 5.50. The van der Waals surface area contributed by atoms with E-state index in [4.69, 9.17) is 16.3 Å². The number of aromatic nitrogens is 2. The molecule has 0 aliphatic heterocycles. The summed E-state index contributed by atoms with van der Waals surface area (Å²) in [6.07, 6.45) is 1.26. The molecule has 1 amide bonds. The monoisotopic (exact) mass is 259 g/mol. The fraction of sp³-hybridized carbons (Fsp3) is 0.636. The van der Waals surface area contributed by atoms with Crippen molar-refractivity contribution in [3.63, 3.8) is 0 Å². The van der Waals surface area contributed by atoms with E-state index in [1.165, 1.54) is 0 Å². The second-order valence-electron chi connectivity index (χ2n) is 4.63. The first-order chi connectivity index (χ1) is 7.81. The number of carbonyl (C=O) groups excluding carboxylic acids is 1. The smallest absolute Gasteiger partial charge is 0.407 e. The highest BCUT2D eigenvalue weighted by Crippen LogP contribution is 2.14. The van der Waals surface area contributed by atoms with Gasteiger partial charge in [-0.05, 0) is 27.7 Å². The molecular weight excluding hydrogens is 242 g/mol. The molecule has 5 nitrogen and oxygen atoms in total. The topological polar surface area (TPSA) is 56.2 Å². The van der Waals surface area contributed by atoms with E-state index in [9.17, 15) is 4.79 Å². The van der Waals surface area contributed by atoms with Crippen LogP contribution in [0.1, 0.15) is 33.4 Å². The minimum absolute atomic E-state index is 0.265. The number of ether oxygens (including phenoxy) is 1. The molecule has 0 aliphatic carbocycles. The first-order valence-corrected chi connectivity index (χ1v) is 5.88. The van der Waals surface area contributed by atoms with Crippen LogP contribution in [0.25, 0.3) is 0 Å². The van der Waals surface area contributed by atoms with E-state index >= 15 is 0 Å². The standard InChI is InChI=1S/C11H18ClN3O2/c1-5-15-7-8(12)9(14-15)6-13-10(16)17-11(2,3)4/h7H,5-6H2,1-4H3,(H,13,16). The van der Waals surface area contributed by atoms with Crippen molar-refractivity contribution < 1.29 is 9.53 Å². The predicted molar refractivity (Wildman–Crippen MR) is 66.0 cm³/mol. The lowest BCUT2D eigenvalue weighted by atomic mass is 10.2. The fourth-order valence-corrected chi connectivity index (χ4v) is 1.41. The van der Waals surface area contributed by atoms with Gasteiger partial charge in [0.1, 0.15) is 11.3 Å². The summed E-state index contributed by atoms with van der Waals surface area (Å²) in [6.45, 7) is 8.41. The maximum Gasteiger partial charge on any atom is 0.407 e. The Morgan fingerprint density at radius 1 is 1.59 bits per heavy atom. The molecule has 17 heavy (non-hydrogen) atoms. The van der Waals surface area contributed by atoms with E-state index in [-0.39, 0.29) is 6.54 Å². The maximum atomic E-state index is 11.4. The van der Waals surface area contributed by atoms with Gasteiger partial charge >= 0.3 is 6.09 Å². The van der Waals surface area contributed by atoms with Gasteiger partial charge in [0.25, 0.3) is 0 Å². The zero-order valence-corrected chi connectivity index (χ0v) is 11.3. The summed E-state index contributed by atoms with van der Waals surface area (Å²) >= 11 is 5.96. The highest BCUT2D eigenvalue weighted by atomic mass is 35.5. The third-order valence-corrected chi connectivity index (χ3v) is 2.23. The lowest BCUT2D eigenvalue weighted by Gasteiger charge is -2.19. The Morgan fingerprint density at radius 2 is 2.24 bits per heavy atom. The molecule has 0 fully saturated rings. The molecule has 0 saturated carbocycles. The zero-order chi connectivity index (χ0) is 13.1. The van der Waals surface area contributed by atoms with Gasteiger partial charge in [-0.15, -0.1) is 0 Å². The van der Waals surface area contributed by atoms with Crippen molar-refractivity contribution in [3.05, 3.63) is 16.9 Å². The molecule has 1 aromatic rings. The van der Waals surface area contributed by atoms with Crippen molar-refractivity contribution in [3.8, 4) is 0 Å². The van der Waals surface area contributed by atoms with Gasteiger partial charge in [-0.25, -0.2) is 4.79 Å². The van der Waals surface area contributed by atoms with Crippen LogP contribution in [-0.4, -0.2) is 21.5 Å². The molecule has 96 valence electrons. The van der Waals surface area contributed by atoms with Crippen LogP contribution in [0.5, 0.6) is 0 Å². The Labute approximate surface area is 106 Å². The number of amides is 1. The second kappa shape index (κ2) is 5.40. The first kappa shape index (κ1) is 13.8. The van der Waals surface area contributed by atoms with Gasteiger partial charge in [-0.2, -0.15) is 5.10 Å². The number of carbonyl (C=O) groups is 1. The molecule has 0 saturated heterocycles. The van der Waals surface area contributed by atoms with Crippen LogP contribution in [0.15, 0.2) is 6.20 Å². The van der Waals surface area contributed by atoms with Crippen LogP contribution >= 0.6 is 11.6 Å². The van der Waals surface area contributed by atoms with E-state index < -0.39 is 11.7 Å². The Kier molecular flexibility index (Phi) is 4.40. The van der Waals surface area contributed by atoms with E-state index in [0.717, 1.165) is 6.54 Å². The Bertz CT molecular complexity index is 396. The SMILES string of the molecule is CCn1cc(Cl)c(CNC(=O)OC(C)(C)C)n1. The third kappa shape index (κ3) is 4.65. The normalized spacial score (nSPS) is 11.4. The van der Waals surface area contributed by atoms with E-state index in [1.54, 1.807) is 10.9 Å². The maximum absolute atomic E-state index is 11.4. The van der Waals surface area contributed by atoms with Gasteiger partial charge < -0.3 is 10.1 Å². The van der Waals surface area contributed by atoms with Crippen molar-refractivity contribution in [1.29, 1.82) is 0 Å². The van der Waals surface area contributed by atoms with Crippen molar-refractivity contribution in [2.75, 3.05) is 0 Å². The van der Waals surface area contributed by atoms with Crippen LogP contribution in [0.2, 0.25) is 5.02 Å². The molecule has 0 atom stereocenters. The highest BCUT2D eigenvalue weighted by Gasteiger charge is 2.16. The Balaban J connectivity index is 2.50.